The molecule has 29 heavy (non-hydrogen) atoms. The lowest BCUT2D eigenvalue weighted by atomic mass is 10.1. The third-order valence-electron chi connectivity index (χ3n) is 4.42. The van der Waals surface area contributed by atoms with Gasteiger partial charge in [0, 0.05) is 17.6 Å². The fourth-order valence-electron chi connectivity index (χ4n) is 2.90. The molecule has 0 aliphatic carbocycles. The van der Waals surface area contributed by atoms with Gasteiger partial charge in [-0.25, -0.2) is 0 Å². The third kappa shape index (κ3) is 6.78. The van der Waals surface area contributed by atoms with Crippen molar-refractivity contribution in [2.45, 2.75) is 32.9 Å². The number of hydrogen-bond donors (Lipinski definition) is 1. The predicted molar refractivity (Wildman–Crippen MR) is 116 cm³/mol. The lowest BCUT2D eigenvalue weighted by Crippen LogP contribution is -2.50. The van der Waals surface area contributed by atoms with Gasteiger partial charge < -0.3 is 19.7 Å². The smallest absolute Gasteiger partial charge is 0.261 e. The number of carbonyl (C=O) groups excluding carboxylic acids is 2. The van der Waals surface area contributed by atoms with Crippen LogP contribution in [0.5, 0.6) is 11.5 Å². The summed E-state index contributed by atoms with van der Waals surface area (Å²) < 4.78 is 11.8. The first-order chi connectivity index (χ1) is 14.0. The minimum absolute atomic E-state index is 0.145. The molecule has 0 fully saturated rings. The van der Waals surface area contributed by atoms with E-state index in [0.717, 1.165) is 15.8 Å². The number of ether oxygens (including phenoxy) is 2. The molecule has 1 atom stereocenters. The maximum absolute atomic E-state index is 13.0. The summed E-state index contributed by atoms with van der Waals surface area (Å²) in [7, 11) is 1.60. The highest BCUT2D eigenvalue weighted by atomic mass is 79.9. The standard InChI is InChI=1S/C22H27BrN2O4/c1-4-20(22(27)24-5-2)25(14-16-6-10-18(28-3)11-7-16)21(26)15-29-19-12-8-17(23)9-13-19/h6-13,20H,4-5,14-15H2,1-3H3,(H,24,27)/t20-/m0/s1. The summed E-state index contributed by atoms with van der Waals surface area (Å²) in [5.74, 6) is 0.917. The maximum Gasteiger partial charge on any atom is 0.261 e. The van der Waals surface area contributed by atoms with Crippen molar-refractivity contribution in [2.24, 2.45) is 0 Å². The molecule has 2 amide bonds. The molecular formula is C22H27BrN2O4. The normalized spacial score (nSPS) is 11.4. The van der Waals surface area contributed by atoms with Gasteiger partial charge in [0.15, 0.2) is 6.61 Å². The number of nitrogens with one attached hydrogen (secondary N) is 1. The number of halogens is 1. The van der Waals surface area contributed by atoms with E-state index in [1.807, 2.05) is 50.2 Å². The number of likely N-dealkylation sites (N-methyl/N-ethyl adjacent to an activating group) is 1. The predicted octanol–water partition coefficient (Wildman–Crippen LogP) is 3.78. The van der Waals surface area contributed by atoms with Crippen molar-refractivity contribution in [3.05, 3.63) is 58.6 Å². The van der Waals surface area contributed by atoms with Gasteiger partial charge in [-0.3, -0.25) is 9.59 Å². The Hall–Kier alpha value is -2.54. The third-order valence-corrected chi connectivity index (χ3v) is 4.95. The van der Waals surface area contributed by atoms with Crippen LogP contribution in [0.2, 0.25) is 0 Å². The molecule has 0 saturated carbocycles. The SMILES string of the molecule is CCNC(=O)[C@H](CC)N(Cc1ccc(OC)cc1)C(=O)COc1ccc(Br)cc1. The Morgan fingerprint density at radius 1 is 1.03 bits per heavy atom. The fraction of sp³-hybridized carbons (Fsp3) is 0.364. The van der Waals surface area contributed by atoms with Crippen LogP contribution in [0.25, 0.3) is 0 Å². The molecule has 0 spiro atoms. The molecule has 2 aromatic rings. The molecule has 2 rings (SSSR count). The summed E-state index contributed by atoms with van der Waals surface area (Å²) in [6.45, 7) is 4.42. The van der Waals surface area contributed by atoms with E-state index in [4.69, 9.17) is 9.47 Å². The number of amides is 2. The molecule has 1 N–H and O–H groups in total. The van der Waals surface area contributed by atoms with Crippen LogP contribution < -0.4 is 14.8 Å². The zero-order valence-electron chi connectivity index (χ0n) is 17.0. The van der Waals surface area contributed by atoms with Crippen molar-refractivity contribution < 1.29 is 19.1 Å². The zero-order valence-corrected chi connectivity index (χ0v) is 18.6. The summed E-state index contributed by atoms with van der Waals surface area (Å²) in [6, 6.07) is 14.1. The van der Waals surface area contributed by atoms with Crippen LogP contribution in [0.15, 0.2) is 53.0 Å². The van der Waals surface area contributed by atoms with Gasteiger partial charge in [-0.1, -0.05) is 35.0 Å². The van der Waals surface area contributed by atoms with Gasteiger partial charge in [0.05, 0.1) is 7.11 Å². The van der Waals surface area contributed by atoms with Gasteiger partial charge in [-0.05, 0) is 55.3 Å². The lowest BCUT2D eigenvalue weighted by Gasteiger charge is -2.30. The molecule has 2 aromatic carbocycles. The Labute approximate surface area is 180 Å². The molecule has 0 bridgehead atoms. The second kappa shape index (κ2) is 11.5. The van der Waals surface area contributed by atoms with E-state index < -0.39 is 6.04 Å². The van der Waals surface area contributed by atoms with Crippen molar-refractivity contribution in [1.82, 2.24) is 10.2 Å². The largest absolute Gasteiger partial charge is 0.497 e. The maximum atomic E-state index is 13.0. The van der Waals surface area contributed by atoms with Crippen LogP contribution in [0, 0.1) is 0 Å². The minimum Gasteiger partial charge on any atom is -0.497 e. The minimum atomic E-state index is -0.571. The average molecular weight is 463 g/mol. The molecule has 156 valence electrons. The molecule has 0 unspecified atom stereocenters. The lowest BCUT2D eigenvalue weighted by molar-refractivity contribution is -0.142. The van der Waals surface area contributed by atoms with Gasteiger partial charge in [-0.2, -0.15) is 0 Å². The highest BCUT2D eigenvalue weighted by Crippen LogP contribution is 2.18. The summed E-state index contributed by atoms with van der Waals surface area (Å²) >= 11 is 3.37. The first kappa shape index (κ1) is 22.7. The Bertz CT molecular complexity index is 793. The molecule has 0 heterocycles. The molecule has 0 aliphatic heterocycles. The first-order valence-electron chi connectivity index (χ1n) is 9.56. The van der Waals surface area contributed by atoms with Crippen molar-refractivity contribution in [1.29, 1.82) is 0 Å². The van der Waals surface area contributed by atoms with Gasteiger partial charge in [0.25, 0.3) is 5.91 Å². The highest BCUT2D eigenvalue weighted by Gasteiger charge is 2.28. The van der Waals surface area contributed by atoms with Gasteiger partial charge in [0.1, 0.15) is 17.5 Å². The van der Waals surface area contributed by atoms with Crippen molar-refractivity contribution in [2.75, 3.05) is 20.3 Å². The molecular weight excluding hydrogens is 436 g/mol. The summed E-state index contributed by atoms with van der Waals surface area (Å²) in [4.78, 5) is 27.1. The number of hydrogen-bond acceptors (Lipinski definition) is 4. The Kier molecular flexibility index (Phi) is 8.99. The number of rotatable bonds is 10. The van der Waals surface area contributed by atoms with E-state index in [-0.39, 0.29) is 18.4 Å². The first-order valence-corrected chi connectivity index (χ1v) is 10.4. The monoisotopic (exact) mass is 462 g/mol. The molecule has 0 aromatic heterocycles. The van der Waals surface area contributed by atoms with Crippen LogP contribution in [0.1, 0.15) is 25.8 Å². The van der Waals surface area contributed by atoms with E-state index >= 15 is 0 Å². The van der Waals surface area contributed by atoms with Crippen LogP contribution >= 0.6 is 15.9 Å². The van der Waals surface area contributed by atoms with E-state index in [9.17, 15) is 9.59 Å². The fourth-order valence-corrected chi connectivity index (χ4v) is 3.16. The summed E-state index contributed by atoms with van der Waals surface area (Å²) in [5, 5.41) is 2.82. The number of carbonyl (C=O) groups is 2. The highest BCUT2D eigenvalue weighted by molar-refractivity contribution is 9.10. The topological polar surface area (TPSA) is 67.9 Å². The van der Waals surface area contributed by atoms with Crippen molar-refractivity contribution in [3.63, 3.8) is 0 Å². The van der Waals surface area contributed by atoms with E-state index in [2.05, 4.69) is 21.2 Å². The summed E-state index contributed by atoms with van der Waals surface area (Å²) in [5.41, 5.74) is 0.908. The number of methoxy groups -OCH3 is 1. The van der Waals surface area contributed by atoms with Gasteiger partial charge >= 0.3 is 0 Å². The molecule has 0 saturated heterocycles. The average Bonchev–Trinajstić information content (AvgIpc) is 2.73. The van der Waals surface area contributed by atoms with Crippen LogP contribution in [0.3, 0.4) is 0 Å². The van der Waals surface area contributed by atoms with Crippen LogP contribution in [-0.4, -0.2) is 43.0 Å². The van der Waals surface area contributed by atoms with Crippen LogP contribution in [-0.2, 0) is 16.1 Å². The Morgan fingerprint density at radius 3 is 2.21 bits per heavy atom. The van der Waals surface area contributed by atoms with E-state index in [1.54, 1.807) is 24.1 Å². The van der Waals surface area contributed by atoms with Crippen LogP contribution in [0.4, 0.5) is 0 Å². The molecule has 6 nitrogen and oxygen atoms in total. The Balaban J connectivity index is 2.17. The summed E-state index contributed by atoms with van der Waals surface area (Å²) in [6.07, 6.45) is 0.506. The molecule has 0 radical (unpaired) electrons. The number of benzene rings is 2. The van der Waals surface area contributed by atoms with Crippen molar-refractivity contribution in [3.8, 4) is 11.5 Å². The van der Waals surface area contributed by atoms with Gasteiger partial charge in [-0.15, -0.1) is 0 Å². The zero-order chi connectivity index (χ0) is 21.2. The van der Waals surface area contributed by atoms with E-state index in [1.165, 1.54) is 0 Å². The quantitative estimate of drug-likeness (QED) is 0.583. The van der Waals surface area contributed by atoms with Crippen molar-refractivity contribution >= 4 is 27.7 Å². The second-order valence-electron chi connectivity index (χ2n) is 6.43. The van der Waals surface area contributed by atoms with Gasteiger partial charge in [0.2, 0.25) is 5.91 Å². The molecule has 0 aliphatic rings. The Morgan fingerprint density at radius 2 is 1.66 bits per heavy atom. The second-order valence-corrected chi connectivity index (χ2v) is 7.35. The molecule has 7 heteroatoms. The van der Waals surface area contributed by atoms with E-state index in [0.29, 0.717) is 25.3 Å². The number of nitrogens with zero attached hydrogens (tertiary/aromatic N) is 1.